The van der Waals surface area contributed by atoms with Crippen molar-refractivity contribution in [2.45, 2.75) is 6.61 Å². The quantitative estimate of drug-likeness (QED) is 0.826. The van der Waals surface area contributed by atoms with Crippen LogP contribution in [0.5, 0.6) is 5.75 Å². The van der Waals surface area contributed by atoms with Crippen molar-refractivity contribution >= 4 is 5.82 Å². The van der Waals surface area contributed by atoms with E-state index >= 15 is 0 Å². The van der Waals surface area contributed by atoms with Crippen LogP contribution in [0.3, 0.4) is 0 Å². The molecule has 15 heavy (non-hydrogen) atoms. The third kappa shape index (κ3) is 2.47. The van der Waals surface area contributed by atoms with Crippen molar-refractivity contribution < 1.29 is 4.74 Å². The zero-order valence-electron chi connectivity index (χ0n) is 8.26. The van der Waals surface area contributed by atoms with Gasteiger partial charge in [-0.15, -0.1) is 0 Å². The monoisotopic (exact) mass is 200 g/mol. The molecule has 0 aliphatic carbocycles. The molecule has 0 amide bonds. The van der Waals surface area contributed by atoms with Gasteiger partial charge in [-0.1, -0.05) is 24.3 Å². The second-order valence-corrected chi connectivity index (χ2v) is 3.15. The van der Waals surface area contributed by atoms with Gasteiger partial charge in [0.25, 0.3) is 0 Å². The van der Waals surface area contributed by atoms with Gasteiger partial charge < -0.3 is 10.5 Å². The number of pyridine rings is 1. The predicted octanol–water partition coefficient (Wildman–Crippen LogP) is 2.24. The number of aromatic nitrogens is 1. The molecule has 0 radical (unpaired) electrons. The van der Waals surface area contributed by atoms with E-state index in [1.165, 1.54) is 0 Å². The molecule has 0 unspecified atom stereocenters. The Morgan fingerprint density at radius 1 is 1.07 bits per heavy atom. The number of nitrogens with zero attached hydrogens (tertiary/aromatic N) is 1. The fraction of sp³-hybridized carbons (Fsp3) is 0.0833. The molecule has 0 saturated heterocycles. The van der Waals surface area contributed by atoms with E-state index in [0.717, 1.165) is 11.3 Å². The molecule has 1 aromatic heterocycles. The number of hydrogen-bond acceptors (Lipinski definition) is 3. The zero-order valence-corrected chi connectivity index (χ0v) is 8.26. The van der Waals surface area contributed by atoms with Gasteiger partial charge in [0.15, 0.2) is 0 Å². The number of nitrogen functional groups attached to an aromatic ring is 1. The smallest absolute Gasteiger partial charge is 0.129 e. The van der Waals surface area contributed by atoms with Gasteiger partial charge in [-0.2, -0.15) is 0 Å². The second kappa shape index (κ2) is 4.46. The minimum atomic E-state index is 0.448. The van der Waals surface area contributed by atoms with Crippen LogP contribution >= 0.6 is 0 Å². The number of hydrogen-bond donors (Lipinski definition) is 1. The van der Waals surface area contributed by atoms with Crippen LogP contribution in [0.2, 0.25) is 0 Å². The highest BCUT2D eigenvalue weighted by Gasteiger charge is 1.99. The first-order chi connectivity index (χ1) is 7.36. The summed E-state index contributed by atoms with van der Waals surface area (Å²) in [7, 11) is 0. The Bertz CT molecular complexity index is 429. The molecule has 1 heterocycles. The van der Waals surface area contributed by atoms with Crippen LogP contribution in [-0.2, 0) is 6.61 Å². The van der Waals surface area contributed by atoms with E-state index in [1.807, 2.05) is 42.5 Å². The van der Waals surface area contributed by atoms with Gasteiger partial charge in [-0.3, -0.25) is 0 Å². The predicted molar refractivity (Wildman–Crippen MR) is 59.4 cm³/mol. The molecule has 0 aliphatic rings. The molecule has 0 aliphatic heterocycles. The maximum absolute atomic E-state index is 5.69. The maximum Gasteiger partial charge on any atom is 0.129 e. The first kappa shape index (κ1) is 9.52. The van der Waals surface area contributed by atoms with E-state index in [2.05, 4.69) is 4.98 Å². The summed E-state index contributed by atoms with van der Waals surface area (Å²) in [6.07, 6.45) is 1.67. The summed E-state index contributed by atoms with van der Waals surface area (Å²) in [6, 6.07) is 13.4. The summed E-state index contributed by atoms with van der Waals surface area (Å²) in [5.41, 5.74) is 6.60. The van der Waals surface area contributed by atoms with Crippen molar-refractivity contribution in [1.82, 2.24) is 4.98 Å². The number of para-hydroxylation sites is 1. The highest BCUT2D eigenvalue weighted by atomic mass is 16.5. The molecule has 2 N–H and O–H groups in total. The third-order valence-electron chi connectivity index (χ3n) is 2.06. The van der Waals surface area contributed by atoms with Crippen LogP contribution in [-0.4, -0.2) is 4.98 Å². The van der Waals surface area contributed by atoms with Gasteiger partial charge in [-0.05, 0) is 18.2 Å². The summed E-state index contributed by atoms with van der Waals surface area (Å²) in [4.78, 5) is 3.99. The Kier molecular flexibility index (Phi) is 2.83. The van der Waals surface area contributed by atoms with Gasteiger partial charge in [0, 0.05) is 11.8 Å². The first-order valence-electron chi connectivity index (χ1n) is 4.73. The lowest BCUT2D eigenvalue weighted by atomic mass is 10.3. The van der Waals surface area contributed by atoms with Crippen LogP contribution in [0, 0.1) is 0 Å². The van der Waals surface area contributed by atoms with Crippen LogP contribution in [0.4, 0.5) is 5.82 Å². The molecule has 0 fully saturated rings. The maximum atomic E-state index is 5.69. The van der Waals surface area contributed by atoms with E-state index in [1.54, 1.807) is 6.20 Å². The second-order valence-electron chi connectivity index (χ2n) is 3.15. The lowest BCUT2D eigenvalue weighted by molar-refractivity contribution is 0.306. The highest BCUT2D eigenvalue weighted by molar-refractivity contribution is 5.38. The molecule has 3 nitrogen and oxygen atoms in total. The molecule has 0 spiro atoms. The minimum Gasteiger partial charge on any atom is -0.489 e. The Morgan fingerprint density at radius 2 is 1.87 bits per heavy atom. The Labute approximate surface area is 88.5 Å². The number of ether oxygens (including phenoxy) is 1. The van der Waals surface area contributed by atoms with E-state index in [0.29, 0.717) is 12.4 Å². The summed E-state index contributed by atoms with van der Waals surface area (Å²) < 4.78 is 5.55. The van der Waals surface area contributed by atoms with E-state index in [4.69, 9.17) is 10.5 Å². The number of rotatable bonds is 3. The number of nitrogens with two attached hydrogens (primary N) is 1. The van der Waals surface area contributed by atoms with E-state index in [9.17, 15) is 0 Å². The van der Waals surface area contributed by atoms with Crippen LogP contribution in [0.1, 0.15) is 5.56 Å². The number of anilines is 1. The van der Waals surface area contributed by atoms with Crippen molar-refractivity contribution in [2.75, 3.05) is 5.73 Å². The average Bonchev–Trinajstić information content (AvgIpc) is 2.29. The molecular formula is C12H12N2O. The average molecular weight is 200 g/mol. The molecule has 3 heteroatoms. The molecule has 2 rings (SSSR count). The Morgan fingerprint density at radius 3 is 2.60 bits per heavy atom. The normalized spacial score (nSPS) is 9.87. The molecule has 0 bridgehead atoms. The molecule has 76 valence electrons. The summed E-state index contributed by atoms with van der Waals surface area (Å²) in [5.74, 6) is 1.36. The van der Waals surface area contributed by atoms with Crippen LogP contribution in [0.15, 0.2) is 48.7 Å². The van der Waals surface area contributed by atoms with Gasteiger partial charge in [0.05, 0.1) is 0 Å². The lowest BCUT2D eigenvalue weighted by Crippen LogP contribution is -2.01. The zero-order chi connectivity index (χ0) is 10.5. The van der Waals surface area contributed by atoms with Gasteiger partial charge in [-0.25, -0.2) is 4.98 Å². The molecule has 2 aromatic rings. The fourth-order valence-corrected chi connectivity index (χ4v) is 1.25. The molecule has 0 saturated carbocycles. The fourth-order valence-electron chi connectivity index (χ4n) is 1.25. The van der Waals surface area contributed by atoms with Gasteiger partial charge in [0.1, 0.15) is 18.2 Å². The molecule has 1 aromatic carbocycles. The Balaban J connectivity index is 2.03. The van der Waals surface area contributed by atoms with Crippen molar-refractivity contribution in [3.63, 3.8) is 0 Å². The SMILES string of the molecule is Nc1ncccc1COc1ccccc1. The topological polar surface area (TPSA) is 48.1 Å². The van der Waals surface area contributed by atoms with Crippen molar-refractivity contribution in [1.29, 1.82) is 0 Å². The van der Waals surface area contributed by atoms with Crippen molar-refractivity contribution in [3.05, 3.63) is 54.2 Å². The van der Waals surface area contributed by atoms with Crippen molar-refractivity contribution in [3.8, 4) is 5.75 Å². The van der Waals surface area contributed by atoms with Crippen molar-refractivity contribution in [2.24, 2.45) is 0 Å². The summed E-state index contributed by atoms with van der Waals surface area (Å²) in [6.45, 7) is 0.448. The number of benzene rings is 1. The highest BCUT2D eigenvalue weighted by Crippen LogP contribution is 2.13. The molecular weight excluding hydrogens is 188 g/mol. The van der Waals surface area contributed by atoms with E-state index in [-0.39, 0.29) is 0 Å². The Hall–Kier alpha value is -2.03. The van der Waals surface area contributed by atoms with Crippen LogP contribution < -0.4 is 10.5 Å². The largest absolute Gasteiger partial charge is 0.489 e. The summed E-state index contributed by atoms with van der Waals surface area (Å²) in [5, 5.41) is 0. The van der Waals surface area contributed by atoms with Gasteiger partial charge in [0.2, 0.25) is 0 Å². The first-order valence-corrected chi connectivity index (χ1v) is 4.73. The minimum absolute atomic E-state index is 0.448. The lowest BCUT2D eigenvalue weighted by Gasteiger charge is -2.07. The molecule has 0 atom stereocenters. The van der Waals surface area contributed by atoms with Gasteiger partial charge >= 0.3 is 0 Å². The third-order valence-corrected chi connectivity index (χ3v) is 2.06. The van der Waals surface area contributed by atoms with E-state index < -0.39 is 0 Å². The standard InChI is InChI=1S/C12H12N2O/c13-12-10(5-4-8-14-12)9-15-11-6-2-1-3-7-11/h1-8H,9H2,(H2,13,14). The summed E-state index contributed by atoms with van der Waals surface area (Å²) >= 11 is 0. The van der Waals surface area contributed by atoms with Crippen LogP contribution in [0.25, 0.3) is 0 Å².